The van der Waals surface area contributed by atoms with Gasteiger partial charge in [0.2, 0.25) is 5.16 Å². The number of hydrogen-bond acceptors (Lipinski definition) is 5. The molecule has 6 nitrogen and oxygen atoms in total. The van der Waals surface area contributed by atoms with Crippen molar-refractivity contribution in [3.63, 3.8) is 0 Å². The Bertz CT molecular complexity index is 751. The van der Waals surface area contributed by atoms with Gasteiger partial charge in [-0.05, 0) is 46.5 Å². The minimum Gasteiger partial charge on any atom is -0.384 e. The fraction of sp³-hybridized carbons (Fsp3) is 0. The zero-order valence-corrected chi connectivity index (χ0v) is 11.8. The lowest BCUT2D eigenvalue weighted by molar-refractivity contribution is 0.756. The normalized spacial score (nSPS) is 10.5. The zero-order valence-electron chi connectivity index (χ0n) is 11.0. The monoisotopic (exact) mass is 296 g/mol. The number of para-hydroxylation sites is 1. The van der Waals surface area contributed by atoms with Crippen LogP contribution in [0, 0.1) is 5.41 Å². The summed E-state index contributed by atoms with van der Waals surface area (Å²) in [6.45, 7) is 0. The summed E-state index contributed by atoms with van der Waals surface area (Å²) in [4.78, 5) is 0.979. The van der Waals surface area contributed by atoms with Crippen molar-refractivity contribution < 1.29 is 0 Å². The van der Waals surface area contributed by atoms with E-state index in [1.807, 2.05) is 42.5 Å². The average molecular weight is 296 g/mol. The van der Waals surface area contributed by atoms with Gasteiger partial charge in [0.1, 0.15) is 5.84 Å². The van der Waals surface area contributed by atoms with Crippen LogP contribution in [0.15, 0.2) is 64.6 Å². The smallest absolute Gasteiger partial charge is 0.218 e. The molecule has 0 unspecified atom stereocenters. The molecule has 0 aliphatic heterocycles. The van der Waals surface area contributed by atoms with Gasteiger partial charge in [-0.15, -0.1) is 5.10 Å². The summed E-state index contributed by atoms with van der Waals surface area (Å²) in [5, 5.41) is 19.8. The van der Waals surface area contributed by atoms with Gasteiger partial charge in [0, 0.05) is 10.5 Å². The molecule has 2 aromatic carbocycles. The Balaban J connectivity index is 1.86. The lowest BCUT2D eigenvalue weighted by atomic mass is 10.2. The Morgan fingerprint density at radius 3 is 2.43 bits per heavy atom. The second-order valence-electron chi connectivity index (χ2n) is 4.25. The predicted molar refractivity (Wildman–Crippen MR) is 80.7 cm³/mol. The van der Waals surface area contributed by atoms with Crippen molar-refractivity contribution in [1.29, 1.82) is 5.41 Å². The van der Waals surface area contributed by atoms with Crippen LogP contribution in [0.3, 0.4) is 0 Å². The van der Waals surface area contributed by atoms with E-state index in [4.69, 9.17) is 11.1 Å². The topological polar surface area (TPSA) is 93.5 Å². The average Bonchev–Trinajstić information content (AvgIpc) is 2.97. The van der Waals surface area contributed by atoms with E-state index in [-0.39, 0.29) is 5.84 Å². The van der Waals surface area contributed by atoms with Gasteiger partial charge in [-0.1, -0.05) is 30.3 Å². The van der Waals surface area contributed by atoms with Crippen molar-refractivity contribution >= 4 is 17.6 Å². The van der Waals surface area contributed by atoms with E-state index in [9.17, 15) is 0 Å². The standard InChI is InChI=1S/C14H12N6S/c15-13(16)10-6-8-12(9-7-10)21-14-17-18-19-20(14)11-4-2-1-3-5-11/h1-9H,(H3,15,16). The maximum atomic E-state index is 7.38. The third-order valence-electron chi connectivity index (χ3n) is 2.82. The largest absolute Gasteiger partial charge is 0.384 e. The van der Waals surface area contributed by atoms with Crippen molar-refractivity contribution in [3.05, 3.63) is 60.2 Å². The number of amidine groups is 1. The molecular formula is C14H12N6S. The fourth-order valence-corrected chi connectivity index (χ4v) is 2.57. The van der Waals surface area contributed by atoms with Crippen molar-refractivity contribution in [2.24, 2.45) is 5.73 Å². The maximum absolute atomic E-state index is 7.38. The van der Waals surface area contributed by atoms with Gasteiger partial charge < -0.3 is 5.73 Å². The predicted octanol–water partition coefficient (Wildman–Crippen LogP) is 2.10. The first-order valence-electron chi connectivity index (χ1n) is 6.20. The number of nitrogens with two attached hydrogens (primary N) is 1. The van der Waals surface area contributed by atoms with Crippen molar-refractivity contribution in [2.45, 2.75) is 10.1 Å². The first-order chi connectivity index (χ1) is 10.2. The van der Waals surface area contributed by atoms with Crippen LogP contribution in [0.5, 0.6) is 0 Å². The summed E-state index contributed by atoms with van der Waals surface area (Å²) in [6, 6.07) is 17.1. The molecule has 7 heteroatoms. The zero-order chi connectivity index (χ0) is 14.7. The molecule has 21 heavy (non-hydrogen) atoms. The molecule has 0 saturated carbocycles. The summed E-state index contributed by atoms with van der Waals surface area (Å²) in [6.07, 6.45) is 0. The molecule has 0 radical (unpaired) electrons. The van der Waals surface area contributed by atoms with Crippen LogP contribution in [-0.2, 0) is 0 Å². The third kappa shape index (κ3) is 2.92. The first-order valence-corrected chi connectivity index (χ1v) is 7.02. The second-order valence-corrected chi connectivity index (χ2v) is 5.29. The van der Waals surface area contributed by atoms with Crippen molar-refractivity contribution in [3.8, 4) is 5.69 Å². The van der Waals surface area contributed by atoms with Crippen LogP contribution in [0.1, 0.15) is 5.56 Å². The molecular weight excluding hydrogens is 284 g/mol. The Kier molecular flexibility index (Phi) is 3.65. The molecule has 0 bridgehead atoms. The van der Waals surface area contributed by atoms with Crippen LogP contribution < -0.4 is 5.73 Å². The van der Waals surface area contributed by atoms with E-state index >= 15 is 0 Å². The number of hydrogen-bond donors (Lipinski definition) is 2. The number of nitrogens with zero attached hydrogens (tertiary/aromatic N) is 4. The first kappa shape index (κ1) is 13.3. The van der Waals surface area contributed by atoms with Gasteiger partial charge in [-0.2, -0.15) is 4.68 Å². The Labute approximate surface area is 125 Å². The maximum Gasteiger partial charge on any atom is 0.218 e. The summed E-state index contributed by atoms with van der Waals surface area (Å²) in [5.41, 5.74) is 7.04. The quantitative estimate of drug-likeness (QED) is 0.568. The molecule has 0 saturated heterocycles. The molecule has 0 spiro atoms. The summed E-state index contributed by atoms with van der Waals surface area (Å²) >= 11 is 1.45. The molecule has 104 valence electrons. The minimum atomic E-state index is 0.0562. The second kappa shape index (κ2) is 5.76. The lowest BCUT2D eigenvalue weighted by Crippen LogP contribution is -2.10. The summed E-state index contributed by atoms with van der Waals surface area (Å²) in [5.74, 6) is 0.0562. The van der Waals surface area contributed by atoms with Gasteiger partial charge in [0.05, 0.1) is 5.69 Å². The number of aromatic nitrogens is 4. The lowest BCUT2D eigenvalue weighted by Gasteiger charge is -2.04. The number of rotatable bonds is 4. The number of tetrazole rings is 1. The number of nitrogen functional groups attached to an aromatic ring is 1. The summed E-state index contributed by atoms with van der Waals surface area (Å²) < 4.78 is 1.68. The van der Waals surface area contributed by atoms with E-state index in [1.54, 1.807) is 16.8 Å². The van der Waals surface area contributed by atoms with Crippen LogP contribution >= 0.6 is 11.8 Å². The highest BCUT2D eigenvalue weighted by Gasteiger charge is 2.09. The highest BCUT2D eigenvalue weighted by molar-refractivity contribution is 7.99. The third-order valence-corrected chi connectivity index (χ3v) is 3.76. The molecule has 1 heterocycles. The highest BCUT2D eigenvalue weighted by Crippen LogP contribution is 2.26. The van der Waals surface area contributed by atoms with Gasteiger partial charge in [-0.3, -0.25) is 5.41 Å². The molecule has 3 rings (SSSR count). The van der Waals surface area contributed by atoms with Crippen LogP contribution in [0.2, 0.25) is 0 Å². The molecule has 3 N–H and O–H groups in total. The summed E-state index contributed by atoms with van der Waals surface area (Å²) in [7, 11) is 0. The van der Waals surface area contributed by atoms with E-state index in [2.05, 4.69) is 15.5 Å². The number of benzene rings is 2. The molecule has 0 aliphatic rings. The Morgan fingerprint density at radius 2 is 1.76 bits per heavy atom. The number of nitrogens with one attached hydrogen (secondary N) is 1. The van der Waals surface area contributed by atoms with E-state index in [0.29, 0.717) is 10.7 Å². The SMILES string of the molecule is N=C(N)c1ccc(Sc2nnnn2-c2ccccc2)cc1. The molecule has 0 aliphatic carbocycles. The molecule has 3 aromatic rings. The van der Waals surface area contributed by atoms with E-state index in [0.717, 1.165) is 10.6 Å². The fourth-order valence-electron chi connectivity index (χ4n) is 1.78. The van der Waals surface area contributed by atoms with Gasteiger partial charge >= 0.3 is 0 Å². The molecule has 1 aromatic heterocycles. The molecule has 0 amide bonds. The van der Waals surface area contributed by atoms with Crippen molar-refractivity contribution in [1.82, 2.24) is 20.2 Å². The Morgan fingerprint density at radius 1 is 1.05 bits per heavy atom. The van der Waals surface area contributed by atoms with Crippen LogP contribution in [0.4, 0.5) is 0 Å². The van der Waals surface area contributed by atoms with Crippen LogP contribution in [-0.4, -0.2) is 26.0 Å². The molecule has 0 atom stereocenters. The van der Waals surface area contributed by atoms with E-state index < -0.39 is 0 Å². The van der Waals surface area contributed by atoms with Crippen LogP contribution in [0.25, 0.3) is 5.69 Å². The Hall–Kier alpha value is -2.67. The van der Waals surface area contributed by atoms with Crippen molar-refractivity contribution in [2.75, 3.05) is 0 Å². The molecule has 0 fully saturated rings. The minimum absolute atomic E-state index is 0.0562. The van der Waals surface area contributed by atoms with Gasteiger partial charge in [0.25, 0.3) is 0 Å². The van der Waals surface area contributed by atoms with E-state index in [1.165, 1.54) is 11.8 Å². The van der Waals surface area contributed by atoms with Gasteiger partial charge in [-0.25, -0.2) is 0 Å². The highest BCUT2D eigenvalue weighted by atomic mass is 32.2. The van der Waals surface area contributed by atoms with Gasteiger partial charge in [0.15, 0.2) is 0 Å².